The number of benzene rings is 1. The third-order valence-electron chi connectivity index (χ3n) is 2.83. The van der Waals surface area contributed by atoms with Crippen molar-refractivity contribution in [1.29, 1.82) is 0 Å². The van der Waals surface area contributed by atoms with Gasteiger partial charge in [0.25, 0.3) is 5.69 Å². The first-order valence-corrected chi connectivity index (χ1v) is 5.34. The summed E-state index contributed by atoms with van der Waals surface area (Å²) in [5.41, 5.74) is 1.44. The molecule has 4 heteroatoms. The van der Waals surface area contributed by atoms with Gasteiger partial charge in [-0.1, -0.05) is 12.1 Å². The van der Waals surface area contributed by atoms with Crippen LogP contribution in [0.3, 0.4) is 0 Å². The van der Waals surface area contributed by atoms with E-state index < -0.39 is 4.92 Å². The Labute approximate surface area is 93.4 Å². The minimum absolute atomic E-state index is 0.0639. The van der Waals surface area contributed by atoms with Crippen molar-refractivity contribution in [3.8, 4) is 0 Å². The van der Waals surface area contributed by atoms with Gasteiger partial charge in [-0.25, -0.2) is 0 Å². The Bertz CT molecular complexity index is 450. The van der Waals surface area contributed by atoms with E-state index in [0.717, 1.165) is 18.4 Å². The molecule has 1 aliphatic rings. The predicted octanol–water partition coefficient (Wildman–Crippen LogP) is 2.42. The zero-order chi connectivity index (χ0) is 11.7. The van der Waals surface area contributed by atoms with Crippen molar-refractivity contribution in [2.45, 2.75) is 26.2 Å². The fourth-order valence-corrected chi connectivity index (χ4v) is 1.73. The van der Waals surface area contributed by atoms with E-state index in [-0.39, 0.29) is 23.8 Å². The van der Waals surface area contributed by atoms with Crippen LogP contribution in [-0.2, 0) is 11.2 Å². The zero-order valence-corrected chi connectivity index (χ0v) is 9.10. The molecular formula is C12H13NO3. The normalized spacial score (nSPS) is 14.8. The van der Waals surface area contributed by atoms with Crippen LogP contribution in [0.15, 0.2) is 18.2 Å². The molecule has 2 rings (SSSR count). The summed E-state index contributed by atoms with van der Waals surface area (Å²) in [6.45, 7) is 1.81. The highest BCUT2D eigenvalue weighted by molar-refractivity contribution is 5.86. The number of carbonyl (C=O) groups excluding carboxylic acids is 1. The van der Waals surface area contributed by atoms with E-state index in [4.69, 9.17) is 0 Å². The highest BCUT2D eigenvalue weighted by Gasteiger charge is 2.30. The van der Waals surface area contributed by atoms with E-state index in [1.165, 1.54) is 6.07 Å². The van der Waals surface area contributed by atoms with Gasteiger partial charge in [0.2, 0.25) is 0 Å². The number of nitro benzene ring substituents is 1. The number of aryl methyl sites for hydroxylation is 1. The Balaban J connectivity index is 2.24. The lowest BCUT2D eigenvalue weighted by Crippen LogP contribution is -2.07. The standard InChI is InChI=1S/C12H13NO3/c1-8-2-3-10(11(6-8)13(15)16)7-12(14)9-4-5-9/h2-3,6,9H,4-5,7H2,1H3. The molecule has 0 atom stereocenters. The Morgan fingerprint density at radius 3 is 2.75 bits per heavy atom. The van der Waals surface area contributed by atoms with Crippen LogP contribution >= 0.6 is 0 Å². The smallest absolute Gasteiger partial charge is 0.273 e. The third-order valence-corrected chi connectivity index (χ3v) is 2.83. The summed E-state index contributed by atoms with van der Waals surface area (Å²) in [5, 5.41) is 10.8. The van der Waals surface area contributed by atoms with E-state index in [1.807, 2.05) is 6.07 Å². The van der Waals surface area contributed by atoms with Crippen LogP contribution in [0.2, 0.25) is 0 Å². The molecule has 0 saturated heterocycles. The molecule has 0 aromatic heterocycles. The number of rotatable bonds is 4. The lowest BCUT2D eigenvalue weighted by molar-refractivity contribution is -0.385. The number of nitrogens with zero attached hydrogens (tertiary/aromatic N) is 1. The summed E-state index contributed by atoms with van der Waals surface area (Å²) in [6, 6.07) is 5.02. The number of ketones is 1. The molecule has 16 heavy (non-hydrogen) atoms. The van der Waals surface area contributed by atoms with E-state index in [2.05, 4.69) is 0 Å². The molecule has 1 aliphatic carbocycles. The molecule has 1 aromatic rings. The van der Waals surface area contributed by atoms with Gasteiger partial charge in [0.05, 0.1) is 4.92 Å². The van der Waals surface area contributed by atoms with Crippen LogP contribution in [-0.4, -0.2) is 10.7 Å². The molecule has 0 heterocycles. The van der Waals surface area contributed by atoms with Crippen molar-refractivity contribution in [2.75, 3.05) is 0 Å². The van der Waals surface area contributed by atoms with Gasteiger partial charge in [0.1, 0.15) is 5.78 Å². The zero-order valence-electron chi connectivity index (χ0n) is 9.10. The van der Waals surface area contributed by atoms with Crippen LogP contribution in [0, 0.1) is 23.0 Å². The first-order valence-electron chi connectivity index (χ1n) is 5.34. The van der Waals surface area contributed by atoms with Gasteiger partial charge in [0.15, 0.2) is 0 Å². The maximum Gasteiger partial charge on any atom is 0.273 e. The molecule has 0 unspecified atom stereocenters. The van der Waals surface area contributed by atoms with Crippen molar-refractivity contribution in [3.63, 3.8) is 0 Å². The molecule has 0 N–H and O–H groups in total. The number of hydrogen-bond donors (Lipinski definition) is 0. The van der Waals surface area contributed by atoms with E-state index in [0.29, 0.717) is 5.56 Å². The lowest BCUT2D eigenvalue weighted by atomic mass is 10.0. The molecule has 1 saturated carbocycles. The fourth-order valence-electron chi connectivity index (χ4n) is 1.73. The van der Waals surface area contributed by atoms with Crippen molar-refractivity contribution < 1.29 is 9.72 Å². The van der Waals surface area contributed by atoms with E-state index in [9.17, 15) is 14.9 Å². The summed E-state index contributed by atoms with van der Waals surface area (Å²) in [4.78, 5) is 22.0. The Kier molecular flexibility index (Phi) is 2.73. The topological polar surface area (TPSA) is 60.2 Å². The van der Waals surface area contributed by atoms with Crippen LogP contribution < -0.4 is 0 Å². The minimum Gasteiger partial charge on any atom is -0.299 e. The molecule has 0 bridgehead atoms. The highest BCUT2D eigenvalue weighted by Crippen LogP contribution is 2.32. The molecule has 0 spiro atoms. The lowest BCUT2D eigenvalue weighted by Gasteiger charge is -2.02. The van der Waals surface area contributed by atoms with Gasteiger partial charge in [-0.15, -0.1) is 0 Å². The van der Waals surface area contributed by atoms with E-state index >= 15 is 0 Å². The van der Waals surface area contributed by atoms with E-state index in [1.54, 1.807) is 13.0 Å². The number of Topliss-reactive ketones (excluding diaryl/α,β-unsaturated/α-hetero) is 1. The summed E-state index contributed by atoms with van der Waals surface area (Å²) in [5.74, 6) is 0.285. The van der Waals surface area contributed by atoms with Gasteiger partial charge in [-0.05, 0) is 25.3 Å². The Morgan fingerprint density at radius 2 is 2.19 bits per heavy atom. The van der Waals surface area contributed by atoms with Crippen molar-refractivity contribution in [3.05, 3.63) is 39.4 Å². The van der Waals surface area contributed by atoms with Crippen molar-refractivity contribution in [2.24, 2.45) is 5.92 Å². The second kappa shape index (κ2) is 4.04. The highest BCUT2D eigenvalue weighted by atomic mass is 16.6. The molecule has 4 nitrogen and oxygen atoms in total. The SMILES string of the molecule is Cc1ccc(CC(=O)C2CC2)c([N+](=O)[O-])c1. The number of hydrogen-bond acceptors (Lipinski definition) is 3. The molecule has 0 radical (unpaired) electrons. The largest absolute Gasteiger partial charge is 0.299 e. The summed E-state index contributed by atoms with van der Waals surface area (Å²) >= 11 is 0. The molecule has 0 amide bonds. The average molecular weight is 219 g/mol. The van der Waals surface area contributed by atoms with Crippen LogP contribution in [0.4, 0.5) is 5.69 Å². The molecule has 1 aromatic carbocycles. The first-order chi connectivity index (χ1) is 7.58. The van der Waals surface area contributed by atoms with Gasteiger partial charge in [-0.3, -0.25) is 14.9 Å². The fraction of sp³-hybridized carbons (Fsp3) is 0.417. The second-order valence-electron chi connectivity index (χ2n) is 4.31. The maximum atomic E-state index is 11.6. The minimum atomic E-state index is -0.414. The quantitative estimate of drug-likeness (QED) is 0.577. The summed E-state index contributed by atoms with van der Waals surface area (Å²) < 4.78 is 0. The summed E-state index contributed by atoms with van der Waals surface area (Å²) in [7, 11) is 0. The molecule has 84 valence electrons. The van der Waals surface area contributed by atoms with Gasteiger partial charge < -0.3 is 0 Å². The predicted molar refractivity (Wildman–Crippen MR) is 59.3 cm³/mol. The third kappa shape index (κ3) is 2.27. The van der Waals surface area contributed by atoms with Gasteiger partial charge in [0, 0.05) is 24.0 Å². The summed E-state index contributed by atoms with van der Waals surface area (Å²) in [6.07, 6.45) is 2.08. The molecule has 1 fully saturated rings. The monoisotopic (exact) mass is 219 g/mol. The van der Waals surface area contributed by atoms with Crippen molar-refractivity contribution >= 4 is 11.5 Å². The average Bonchev–Trinajstić information content (AvgIpc) is 3.03. The second-order valence-corrected chi connectivity index (χ2v) is 4.31. The maximum absolute atomic E-state index is 11.6. The first kappa shape index (κ1) is 10.8. The number of nitro groups is 1. The molecule has 0 aliphatic heterocycles. The van der Waals surface area contributed by atoms with Crippen LogP contribution in [0.1, 0.15) is 24.0 Å². The van der Waals surface area contributed by atoms with Gasteiger partial charge >= 0.3 is 0 Å². The number of carbonyl (C=O) groups is 1. The van der Waals surface area contributed by atoms with Gasteiger partial charge in [-0.2, -0.15) is 0 Å². The molecular weight excluding hydrogens is 206 g/mol. The van der Waals surface area contributed by atoms with Crippen LogP contribution in [0.5, 0.6) is 0 Å². The van der Waals surface area contributed by atoms with Crippen LogP contribution in [0.25, 0.3) is 0 Å². The van der Waals surface area contributed by atoms with Crippen molar-refractivity contribution in [1.82, 2.24) is 0 Å². The Morgan fingerprint density at radius 1 is 1.50 bits per heavy atom. The Hall–Kier alpha value is -1.71.